The van der Waals surface area contributed by atoms with E-state index in [4.69, 9.17) is 14.2 Å². The lowest BCUT2D eigenvalue weighted by molar-refractivity contribution is -0.382. The van der Waals surface area contributed by atoms with E-state index in [0.29, 0.717) is 5.56 Å². The van der Waals surface area contributed by atoms with Gasteiger partial charge in [-0.05, 0) is 0 Å². The predicted molar refractivity (Wildman–Crippen MR) is 93.3 cm³/mol. The van der Waals surface area contributed by atoms with Crippen molar-refractivity contribution in [2.45, 2.75) is 36.4 Å². The Morgan fingerprint density at radius 1 is 1.14 bits per heavy atom. The molecule has 0 unspecified atom stereocenters. The third-order valence-corrected chi connectivity index (χ3v) is 5.04. The van der Waals surface area contributed by atoms with Crippen LogP contribution < -0.4 is 11.2 Å². The molecule has 10 heteroatoms. The average molecular weight is 392 g/mol. The van der Waals surface area contributed by atoms with Gasteiger partial charge in [0, 0.05) is 17.8 Å². The first kappa shape index (κ1) is 19.0. The molecule has 0 saturated carbocycles. The van der Waals surface area contributed by atoms with E-state index in [1.807, 2.05) is 6.07 Å². The lowest BCUT2D eigenvalue weighted by Crippen LogP contribution is -2.69. The molecule has 0 amide bonds. The predicted octanol–water partition coefficient (Wildman–Crippen LogP) is -1.37. The summed E-state index contributed by atoms with van der Waals surface area (Å²) in [4.78, 5) is 25.4. The number of benzene rings is 1. The Morgan fingerprint density at radius 3 is 2.57 bits per heavy atom. The van der Waals surface area contributed by atoms with Crippen LogP contribution in [0.5, 0.6) is 0 Å². The number of rotatable bonds is 3. The van der Waals surface area contributed by atoms with Crippen LogP contribution in [0.1, 0.15) is 18.1 Å². The molecule has 1 aromatic carbocycles. The summed E-state index contributed by atoms with van der Waals surface area (Å²) in [6, 6.07) is 10.1. The smallest absolute Gasteiger partial charge is 0.330 e. The molecule has 150 valence electrons. The molecule has 4 rings (SSSR count). The van der Waals surface area contributed by atoms with Crippen molar-refractivity contribution < 1.29 is 29.5 Å². The van der Waals surface area contributed by atoms with Gasteiger partial charge in [0.1, 0.15) is 23.9 Å². The van der Waals surface area contributed by atoms with Gasteiger partial charge in [-0.3, -0.25) is 14.3 Å². The third kappa shape index (κ3) is 3.09. The summed E-state index contributed by atoms with van der Waals surface area (Å²) in [5, 5.41) is 31.3. The zero-order valence-electron chi connectivity index (χ0n) is 14.7. The molecule has 1 aromatic heterocycles. The van der Waals surface area contributed by atoms with Crippen LogP contribution in [0, 0.1) is 0 Å². The number of fused-ring (bicyclic) bond motifs is 1. The largest absolute Gasteiger partial charge is 0.393 e. The number of nitrogens with one attached hydrogen (secondary N) is 1. The number of aliphatic hydroxyl groups excluding tert-OH is 3. The number of aromatic nitrogens is 2. The molecule has 6 atom stereocenters. The van der Waals surface area contributed by atoms with E-state index >= 15 is 0 Å². The molecular formula is C18H20N2O8. The molecule has 2 aliphatic heterocycles. The van der Waals surface area contributed by atoms with Crippen LogP contribution in [-0.4, -0.2) is 62.0 Å². The zero-order chi connectivity index (χ0) is 19.9. The number of hydrogen-bond acceptors (Lipinski definition) is 8. The number of ether oxygens (including phenoxy) is 3. The third-order valence-electron chi connectivity index (χ3n) is 5.04. The van der Waals surface area contributed by atoms with Crippen LogP contribution in [0.3, 0.4) is 0 Å². The lowest BCUT2D eigenvalue weighted by Gasteiger charge is -2.53. The minimum Gasteiger partial charge on any atom is -0.393 e. The topological polar surface area (TPSA) is 143 Å². The summed E-state index contributed by atoms with van der Waals surface area (Å²) in [6.45, 7) is -0.732. The van der Waals surface area contributed by atoms with Gasteiger partial charge in [0.15, 0.2) is 12.5 Å². The highest BCUT2D eigenvalue weighted by atomic mass is 16.7. The Bertz CT molecular complexity index is 944. The molecule has 3 heterocycles. The van der Waals surface area contributed by atoms with Crippen molar-refractivity contribution in [1.82, 2.24) is 9.55 Å². The van der Waals surface area contributed by atoms with Crippen LogP contribution >= 0.6 is 0 Å². The molecule has 0 aliphatic carbocycles. The second-order valence-electron chi connectivity index (χ2n) is 6.84. The number of nitrogens with zero attached hydrogens (tertiary/aromatic N) is 1. The standard InChI is InChI=1S/C18H20N2O8/c21-8-18-9-26-16(10-4-2-1-3-5-10)27-14(18)12(23)13(24)15(28-18)20-7-6-11(22)19-17(20)25/h1-7,12-16,21,23-24H,8-9H2,(H,19,22,25)/t12-,13-,14+,15-,16-,18-/m1/s1. The van der Waals surface area contributed by atoms with E-state index in [1.165, 1.54) is 0 Å². The van der Waals surface area contributed by atoms with Gasteiger partial charge in [-0.15, -0.1) is 0 Å². The van der Waals surface area contributed by atoms with Crippen molar-refractivity contribution in [3.8, 4) is 0 Å². The Hall–Kier alpha value is -2.34. The number of aliphatic hydroxyl groups is 3. The summed E-state index contributed by atoms with van der Waals surface area (Å²) in [5.74, 6) is 0. The fourth-order valence-corrected chi connectivity index (χ4v) is 3.55. The molecule has 2 aliphatic rings. The van der Waals surface area contributed by atoms with Crippen molar-refractivity contribution in [3.63, 3.8) is 0 Å². The Balaban J connectivity index is 1.66. The number of hydrogen-bond donors (Lipinski definition) is 4. The summed E-state index contributed by atoms with van der Waals surface area (Å²) in [7, 11) is 0. The monoisotopic (exact) mass is 392 g/mol. The van der Waals surface area contributed by atoms with Crippen LogP contribution in [0.25, 0.3) is 0 Å². The van der Waals surface area contributed by atoms with Gasteiger partial charge in [0.05, 0.1) is 13.2 Å². The molecule has 2 saturated heterocycles. The number of H-pyrrole nitrogens is 1. The van der Waals surface area contributed by atoms with Crippen molar-refractivity contribution in [1.29, 1.82) is 0 Å². The van der Waals surface area contributed by atoms with Crippen LogP contribution in [0.15, 0.2) is 52.2 Å². The van der Waals surface area contributed by atoms with E-state index in [2.05, 4.69) is 4.98 Å². The van der Waals surface area contributed by atoms with Crippen LogP contribution in [0.2, 0.25) is 0 Å². The maximum atomic E-state index is 12.1. The maximum Gasteiger partial charge on any atom is 0.330 e. The molecular weight excluding hydrogens is 372 g/mol. The first-order chi connectivity index (χ1) is 13.4. The van der Waals surface area contributed by atoms with E-state index < -0.39 is 54.3 Å². The molecule has 2 fully saturated rings. The van der Waals surface area contributed by atoms with Crippen molar-refractivity contribution in [3.05, 3.63) is 69.0 Å². The SMILES string of the molecule is O=c1ccn([C@@H]2O[C@]3(CO)CO[C@@H](c4ccccc4)O[C@H]3[C@H](O)[C@H]2O)c(=O)[nH]1. The van der Waals surface area contributed by atoms with Gasteiger partial charge in [-0.1, -0.05) is 30.3 Å². The zero-order valence-corrected chi connectivity index (χ0v) is 14.7. The highest BCUT2D eigenvalue weighted by molar-refractivity contribution is 5.17. The summed E-state index contributed by atoms with van der Waals surface area (Å²) in [5.41, 5.74) is -2.24. The van der Waals surface area contributed by atoms with Crippen LogP contribution in [-0.2, 0) is 14.2 Å². The minimum atomic E-state index is -1.55. The first-order valence-corrected chi connectivity index (χ1v) is 8.73. The van der Waals surface area contributed by atoms with Gasteiger partial charge in [0.2, 0.25) is 0 Å². The highest BCUT2D eigenvalue weighted by Crippen LogP contribution is 2.42. The quantitative estimate of drug-likeness (QED) is 0.501. The van der Waals surface area contributed by atoms with Gasteiger partial charge in [0.25, 0.3) is 5.56 Å². The highest BCUT2D eigenvalue weighted by Gasteiger charge is 2.58. The average Bonchev–Trinajstić information content (AvgIpc) is 2.71. The van der Waals surface area contributed by atoms with Crippen LogP contribution in [0.4, 0.5) is 0 Å². The first-order valence-electron chi connectivity index (χ1n) is 8.73. The minimum absolute atomic E-state index is 0.147. The van der Waals surface area contributed by atoms with Gasteiger partial charge >= 0.3 is 5.69 Å². The van der Waals surface area contributed by atoms with Crippen molar-refractivity contribution in [2.24, 2.45) is 0 Å². The Morgan fingerprint density at radius 2 is 1.89 bits per heavy atom. The van der Waals surface area contributed by atoms with E-state index in [1.54, 1.807) is 24.3 Å². The van der Waals surface area contributed by atoms with E-state index in [9.17, 15) is 24.9 Å². The molecule has 4 N–H and O–H groups in total. The summed E-state index contributed by atoms with van der Waals surface area (Å²) < 4.78 is 18.3. The van der Waals surface area contributed by atoms with Crippen molar-refractivity contribution >= 4 is 0 Å². The molecule has 0 radical (unpaired) electrons. The molecule has 10 nitrogen and oxygen atoms in total. The molecule has 0 spiro atoms. The number of aromatic amines is 1. The van der Waals surface area contributed by atoms with Crippen molar-refractivity contribution in [2.75, 3.05) is 13.2 Å². The normalized spacial score (nSPS) is 35.3. The fraction of sp³-hybridized carbons (Fsp3) is 0.444. The van der Waals surface area contributed by atoms with Gasteiger partial charge in [-0.25, -0.2) is 4.79 Å². The summed E-state index contributed by atoms with van der Waals surface area (Å²) in [6.07, 6.45) is -5.18. The molecule has 2 aromatic rings. The summed E-state index contributed by atoms with van der Waals surface area (Å²) >= 11 is 0. The van der Waals surface area contributed by atoms with E-state index in [-0.39, 0.29) is 6.61 Å². The lowest BCUT2D eigenvalue weighted by atomic mass is 9.86. The van der Waals surface area contributed by atoms with E-state index in [0.717, 1.165) is 16.8 Å². The second kappa shape index (κ2) is 7.24. The molecule has 28 heavy (non-hydrogen) atoms. The maximum absolute atomic E-state index is 12.1. The Labute approximate surface area is 158 Å². The second-order valence-corrected chi connectivity index (χ2v) is 6.84. The van der Waals surface area contributed by atoms with Gasteiger partial charge in [-0.2, -0.15) is 0 Å². The molecule has 0 bridgehead atoms. The van der Waals surface area contributed by atoms with Gasteiger partial charge < -0.3 is 29.5 Å². The Kier molecular flexibility index (Phi) is 4.91. The fourth-order valence-electron chi connectivity index (χ4n) is 3.55.